The van der Waals surface area contributed by atoms with Crippen LogP contribution in [-0.4, -0.2) is 39.4 Å². The van der Waals surface area contributed by atoms with Gasteiger partial charge in [-0.15, -0.1) is 0 Å². The fraction of sp³-hybridized carbons (Fsp3) is 0.120. The maximum Gasteiger partial charge on any atom is 0.300 e. The van der Waals surface area contributed by atoms with Crippen LogP contribution in [0.5, 0.6) is 11.5 Å². The number of nitrogens with zero attached hydrogens (tertiary/aromatic N) is 1. The molecule has 1 heterocycles. The second-order valence-corrected chi connectivity index (χ2v) is 9.80. The summed E-state index contributed by atoms with van der Waals surface area (Å²) < 4.78 is 33.9. The summed E-state index contributed by atoms with van der Waals surface area (Å²) >= 11 is 6.10. The van der Waals surface area contributed by atoms with Gasteiger partial charge >= 0.3 is 0 Å². The molecule has 0 aromatic heterocycles. The lowest BCUT2D eigenvalue weighted by atomic mass is 9.95. The summed E-state index contributed by atoms with van der Waals surface area (Å²) in [6.45, 7) is 0. The molecule has 36 heavy (non-hydrogen) atoms. The third-order valence-corrected chi connectivity index (χ3v) is 6.96. The Kier molecular flexibility index (Phi) is 6.77. The first-order valence-corrected chi connectivity index (χ1v) is 12.4. The van der Waals surface area contributed by atoms with Crippen molar-refractivity contribution in [1.82, 2.24) is 0 Å². The van der Waals surface area contributed by atoms with Crippen LogP contribution in [0.1, 0.15) is 17.2 Å². The van der Waals surface area contributed by atoms with Crippen LogP contribution >= 0.6 is 11.6 Å². The molecule has 1 amide bonds. The molecular formula is C25H21ClN2O7S. The lowest BCUT2D eigenvalue weighted by molar-refractivity contribution is -0.132. The Labute approximate surface area is 212 Å². The van der Waals surface area contributed by atoms with E-state index in [9.17, 15) is 23.1 Å². The molecule has 1 aliphatic rings. The highest BCUT2D eigenvalue weighted by atomic mass is 35.5. The van der Waals surface area contributed by atoms with E-state index < -0.39 is 33.5 Å². The van der Waals surface area contributed by atoms with Crippen molar-refractivity contribution in [3.8, 4) is 11.5 Å². The molecule has 186 valence electrons. The second-order valence-electron chi connectivity index (χ2n) is 7.83. The van der Waals surface area contributed by atoms with Crippen LogP contribution in [-0.2, 0) is 19.6 Å². The van der Waals surface area contributed by atoms with Crippen LogP contribution in [0.3, 0.4) is 0 Å². The average molecular weight is 529 g/mol. The van der Waals surface area contributed by atoms with Crippen LogP contribution in [0.4, 0.5) is 5.69 Å². The lowest BCUT2D eigenvalue weighted by Gasteiger charge is -2.26. The monoisotopic (exact) mass is 528 g/mol. The van der Waals surface area contributed by atoms with Gasteiger partial charge in [0, 0.05) is 11.3 Å². The maximum absolute atomic E-state index is 13.3. The summed E-state index contributed by atoms with van der Waals surface area (Å²) in [7, 11) is -1.09. The Hall–Kier alpha value is -3.86. The summed E-state index contributed by atoms with van der Waals surface area (Å²) in [5, 5.41) is 16.7. The molecule has 0 radical (unpaired) electrons. The zero-order valence-electron chi connectivity index (χ0n) is 19.1. The number of nitrogens with two attached hydrogens (primary N) is 1. The number of ether oxygens (including phenoxy) is 2. The third-order valence-electron chi connectivity index (χ3n) is 5.72. The van der Waals surface area contributed by atoms with Gasteiger partial charge in [0.05, 0.1) is 35.8 Å². The molecular weight excluding hydrogens is 508 g/mol. The first-order valence-electron chi connectivity index (χ1n) is 10.5. The molecule has 3 N–H and O–H groups in total. The highest BCUT2D eigenvalue weighted by Gasteiger charge is 2.47. The molecule has 0 saturated carbocycles. The normalized spacial score (nSPS) is 17.3. The van der Waals surface area contributed by atoms with Crippen molar-refractivity contribution in [2.45, 2.75) is 10.9 Å². The van der Waals surface area contributed by atoms with Gasteiger partial charge in [0.25, 0.3) is 11.7 Å². The summed E-state index contributed by atoms with van der Waals surface area (Å²) in [5.41, 5.74) is 0.747. The first-order chi connectivity index (χ1) is 17.1. The number of hydrogen-bond donors (Lipinski definition) is 2. The van der Waals surface area contributed by atoms with Crippen molar-refractivity contribution < 1.29 is 32.6 Å². The van der Waals surface area contributed by atoms with E-state index in [4.69, 9.17) is 26.2 Å². The van der Waals surface area contributed by atoms with E-state index in [0.717, 1.165) is 0 Å². The van der Waals surface area contributed by atoms with Crippen molar-refractivity contribution in [3.63, 3.8) is 0 Å². The number of sulfonamides is 1. The minimum atomic E-state index is -3.97. The smallest absolute Gasteiger partial charge is 0.300 e. The number of carbonyl (C=O) groups is 2. The van der Waals surface area contributed by atoms with E-state index in [1.165, 1.54) is 61.6 Å². The van der Waals surface area contributed by atoms with Gasteiger partial charge < -0.3 is 14.6 Å². The molecule has 0 aliphatic carbocycles. The van der Waals surface area contributed by atoms with Gasteiger partial charge in [0.15, 0.2) is 0 Å². The number of carbonyl (C=O) groups excluding carboxylic acids is 2. The summed E-state index contributed by atoms with van der Waals surface area (Å²) in [6.07, 6.45) is 0. The number of aliphatic hydroxyl groups is 1. The molecule has 1 aliphatic heterocycles. The predicted octanol–water partition coefficient (Wildman–Crippen LogP) is 3.63. The number of methoxy groups -OCH3 is 2. The minimum absolute atomic E-state index is 0.158. The zero-order valence-corrected chi connectivity index (χ0v) is 20.7. The van der Waals surface area contributed by atoms with Gasteiger partial charge in [-0.3, -0.25) is 14.5 Å². The van der Waals surface area contributed by atoms with E-state index in [-0.39, 0.29) is 27.5 Å². The molecule has 1 saturated heterocycles. The number of halogens is 1. The Morgan fingerprint density at radius 3 is 2.31 bits per heavy atom. The van der Waals surface area contributed by atoms with E-state index in [0.29, 0.717) is 16.3 Å². The van der Waals surface area contributed by atoms with E-state index in [1.54, 1.807) is 24.3 Å². The van der Waals surface area contributed by atoms with Crippen LogP contribution in [0.2, 0.25) is 5.02 Å². The van der Waals surface area contributed by atoms with Crippen molar-refractivity contribution in [3.05, 3.63) is 88.5 Å². The van der Waals surface area contributed by atoms with Crippen molar-refractivity contribution in [1.29, 1.82) is 0 Å². The van der Waals surface area contributed by atoms with Crippen molar-refractivity contribution >= 4 is 44.8 Å². The lowest BCUT2D eigenvalue weighted by Crippen LogP contribution is -2.29. The largest absolute Gasteiger partial charge is 0.507 e. The molecule has 1 atom stereocenters. The van der Waals surface area contributed by atoms with Crippen LogP contribution < -0.4 is 19.5 Å². The number of amides is 1. The van der Waals surface area contributed by atoms with Gasteiger partial charge in [0.1, 0.15) is 17.3 Å². The van der Waals surface area contributed by atoms with Crippen LogP contribution in [0.15, 0.2) is 77.2 Å². The Morgan fingerprint density at radius 2 is 1.69 bits per heavy atom. The number of benzene rings is 3. The summed E-state index contributed by atoms with van der Waals surface area (Å²) in [4.78, 5) is 27.6. The van der Waals surface area contributed by atoms with Gasteiger partial charge in [-0.1, -0.05) is 23.7 Å². The molecule has 4 rings (SSSR count). The average Bonchev–Trinajstić information content (AvgIpc) is 3.13. The van der Waals surface area contributed by atoms with Crippen LogP contribution in [0, 0.1) is 0 Å². The highest BCUT2D eigenvalue weighted by molar-refractivity contribution is 7.89. The number of aliphatic hydroxyl groups excluding tert-OH is 1. The van der Waals surface area contributed by atoms with Gasteiger partial charge in [-0.25, -0.2) is 13.6 Å². The van der Waals surface area contributed by atoms with Gasteiger partial charge in [-0.2, -0.15) is 0 Å². The van der Waals surface area contributed by atoms with Crippen LogP contribution in [0.25, 0.3) is 5.76 Å². The number of hydrogen-bond acceptors (Lipinski definition) is 7. The number of primary sulfonamides is 1. The fourth-order valence-electron chi connectivity index (χ4n) is 3.98. The number of rotatable bonds is 6. The maximum atomic E-state index is 13.3. The third kappa shape index (κ3) is 4.53. The van der Waals surface area contributed by atoms with Gasteiger partial charge in [0.2, 0.25) is 10.0 Å². The van der Waals surface area contributed by atoms with Gasteiger partial charge in [-0.05, 0) is 60.2 Å². The highest BCUT2D eigenvalue weighted by Crippen LogP contribution is 2.43. The Balaban J connectivity index is 1.94. The molecule has 11 heteroatoms. The van der Waals surface area contributed by atoms with E-state index >= 15 is 0 Å². The standard InChI is InChI=1S/C25H21ClN2O7S/c1-34-17-5-3-4-14(12-17)22-21(23(29)15-6-11-19(26)20(13-15)35-2)24(30)25(31)28(22)16-7-9-18(10-8-16)36(27,32)33/h3-13,22,29H,1-2H3,(H2,27,32,33)/b23-21+. The molecule has 9 nitrogen and oxygen atoms in total. The number of Topliss-reactive ketones (excluding diaryl/α,β-unsaturated/α-hetero) is 1. The Bertz CT molecular complexity index is 1500. The van der Waals surface area contributed by atoms with E-state index in [2.05, 4.69) is 0 Å². The zero-order chi connectivity index (χ0) is 26.2. The quantitative estimate of drug-likeness (QED) is 0.283. The van der Waals surface area contributed by atoms with E-state index in [1.807, 2.05) is 0 Å². The minimum Gasteiger partial charge on any atom is -0.507 e. The number of anilines is 1. The number of ketones is 1. The summed E-state index contributed by atoms with van der Waals surface area (Å²) in [5.74, 6) is -1.53. The molecule has 1 unspecified atom stereocenters. The molecule has 3 aromatic carbocycles. The Morgan fingerprint density at radius 1 is 1.00 bits per heavy atom. The molecule has 1 fully saturated rings. The fourth-order valence-corrected chi connectivity index (χ4v) is 4.69. The first kappa shape index (κ1) is 25.2. The predicted molar refractivity (Wildman–Crippen MR) is 134 cm³/mol. The topological polar surface area (TPSA) is 136 Å². The summed E-state index contributed by atoms with van der Waals surface area (Å²) in [6, 6.07) is 15.3. The second kappa shape index (κ2) is 9.65. The molecule has 0 spiro atoms. The molecule has 3 aromatic rings. The van der Waals surface area contributed by atoms with Crippen molar-refractivity contribution in [2.24, 2.45) is 5.14 Å². The van der Waals surface area contributed by atoms with Crippen molar-refractivity contribution in [2.75, 3.05) is 19.1 Å². The molecule has 0 bridgehead atoms. The SMILES string of the molecule is COc1cccc(C2/C(=C(\O)c3ccc(Cl)c(OC)c3)C(=O)C(=O)N2c2ccc(S(N)(=O)=O)cc2)c1.